The number of anilines is 1. The molecule has 9 heteroatoms. The van der Waals surface area contributed by atoms with Crippen molar-refractivity contribution in [2.75, 3.05) is 18.0 Å². The van der Waals surface area contributed by atoms with E-state index in [1.54, 1.807) is 6.20 Å². The number of nitrogens with one attached hydrogen (secondary N) is 1. The molecule has 30 heavy (non-hydrogen) atoms. The van der Waals surface area contributed by atoms with Gasteiger partial charge in [0.2, 0.25) is 0 Å². The maximum absolute atomic E-state index is 12.6. The molecule has 0 radical (unpaired) electrons. The van der Waals surface area contributed by atoms with Gasteiger partial charge in [-0.2, -0.15) is 0 Å². The Balaban J connectivity index is 1.50. The highest BCUT2D eigenvalue weighted by Gasteiger charge is 2.27. The second kappa shape index (κ2) is 8.16. The summed E-state index contributed by atoms with van der Waals surface area (Å²) in [6.45, 7) is 5.41. The number of benzene rings is 1. The average molecular weight is 446 g/mol. The molecule has 0 unspecified atom stereocenters. The molecule has 1 aliphatic heterocycles. The summed E-state index contributed by atoms with van der Waals surface area (Å²) < 4.78 is 1.82. The normalized spacial score (nSPS) is 16.1. The largest absolute Gasteiger partial charge is 0.506 e. The second-order valence-corrected chi connectivity index (χ2v) is 8.40. The number of fused-ring (bicyclic) bond motifs is 1. The monoisotopic (exact) mass is 445 g/mol. The number of carbonyl (C=O) groups is 1. The van der Waals surface area contributed by atoms with Crippen LogP contribution in [0.25, 0.3) is 11.7 Å². The number of hydrogen-bond donors (Lipinski definition) is 2. The number of phenolic OH excluding ortho intramolecular Hbond substituents is 1. The molecule has 1 atom stereocenters. The fourth-order valence-corrected chi connectivity index (χ4v) is 4.03. The fourth-order valence-electron chi connectivity index (χ4n) is 3.53. The topological polar surface area (TPSA) is 82.8 Å². The molecule has 1 fully saturated rings. The zero-order chi connectivity index (χ0) is 21.4. The van der Waals surface area contributed by atoms with E-state index in [1.807, 2.05) is 36.6 Å². The number of halogens is 2. The zero-order valence-corrected chi connectivity index (χ0v) is 18.1. The Hall–Kier alpha value is -2.77. The van der Waals surface area contributed by atoms with Gasteiger partial charge in [0.25, 0.3) is 5.91 Å². The lowest BCUT2D eigenvalue weighted by Crippen LogP contribution is -2.37. The van der Waals surface area contributed by atoms with Gasteiger partial charge in [-0.05, 0) is 50.6 Å². The molecule has 0 bridgehead atoms. The first-order chi connectivity index (χ1) is 14.3. The number of aromatic hydroxyl groups is 1. The lowest BCUT2D eigenvalue weighted by molar-refractivity contribution is 0.0937. The molecule has 156 valence electrons. The van der Waals surface area contributed by atoms with Crippen LogP contribution in [0.4, 0.5) is 5.82 Å². The van der Waals surface area contributed by atoms with E-state index in [1.165, 1.54) is 12.1 Å². The molecular weight excluding hydrogens is 425 g/mol. The summed E-state index contributed by atoms with van der Waals surface area (Å²) in [6.07, 6.45) is 4.59. The van der Waals surface area contributed by atoms with Crippen molar-refractivity contribution in [3.63, 3.8) is 0 Å². The zero-order valence-electron chi connectivity index (χ0n) is 16.6. The van der Waals surface area contributed by atoms with Crippen LogP contribution in [0.2, 0.25) is 10.0 Å². The van der Waals surface area contributed by atoms with Crippen molar-refractivity contribution in [3.8, 4) is 5.75 Å². The van der Waals surface area contributed by atoms with Crippen LogP contribution in [0.1, 0.15) is 36.3 Å². The van der Waals surface area contributed by atoms with Crippen LogP contribution in [0.5, 0.6) is 5.75 Å². The highest BCUT2D eigenvalue weighted by Crippen LogP contribution is 2.31. The molecule has 7 nitrogen and oxygen atoms in total. The summed E-state index contributed by atoms with van der Waals surface area (Å²) in [6, 6.07) is 6.58. The van der Waals surface area contributed by atoms with E-state index in [9.17, 15) is 9.90 Å². The summed E-state index contributed by atoms with van der Waals surface area (Å²) in [5.74, 6) is 0.134. The van der Waals surface area contributed by atoms with Gasteiger partial charge in [-0.3, -0.25) is 4.79 Å². The van der Waals surface area contributed by atoms with Gasteiger partial charge < -0.3 is 15.3 Å². The van der Waals surface area contributed by atoms with Crippen LogP contribution in [0.15, 0.2) is 36.0 Å². The SMILES string of the molecule is CC(C)=Cc1cnc2ccc(N3CC[C@H](NC(=O)c4cc(Cl)cc(Cl)c4O)C3)nn12. The third-order valence-corrected chi connectivity index (χ3v) is 5.44. The smallest absolute Gasteiger partial charge is 0.255 e. The van der Waals surface area contributed by atoms with Crippen molar-refractivity contribution in [1.29, 1.82) is 0 Å². The van der Waals surface area contributed by atoms with Crippen LogP contribution >= 0.6 is 23.2 Å². The third-order valence-electron chi connectivity index (χ3n) is 4.93. The first-order valence-corrected chi connectivity index (χ1v) is 10.3. The molecule has 3 aromatic rings. The number of aromatic nitrogens is 3. The lowest BCUT2D eigenvalue weighted by atomic mass is 10.1. The summed E-state index contributed by atoms with van der Waals surface area (Å²) in [4.78, 5) is 19.1. The summed E-state index contributed by atoms with van der Waals surface area (Å²) >= 11 is 11.9. The lowest BCUT2D eigenvalue weighted by Gasteiger charge is -2.18. The van der Waals surface area contributed by atoms with Crippen molar-refractivity contribution < 1.29 is 9.90 Å². The van der Waals surface area contributed by atoms with Crippen molar-refractivity contribution in [2.24, 2.45) is 0 Å². The van der Waals surface area contributed by atoms with Crippen LogP contribution in [0.3, 0.4) is 0 Å². The van der Waals surface area contributed by atoms with Gasteiger partial charge in [0.1, 0.15) is 11.6 Å². The van der Waals surface area contributed by atoms with Gasteiger partial charge in [0.05, 0.1) is 22.5 Å². The average Bonchev–Trinajstić information content (AvgIpc) is 3.31. The Morgan fingerprint density at radius 1 is 1.30 bits per heavy atom. The number of amides is 1. The van der Waals surface area contributed by atoms with Gasteiger partial charge in [0, 0.05) is 24.2 Å². The minimum absolute atomic E-state index is 0.0469. The van der Waals surface area contributed by atoms with E-state index in [0.717, 1.165) is 35.7 Å². The molecule has 1 amide bonds. The minimum Gasteiger partial charge on any atom is -0.506 e. The number of rotatable bonds is 4. The predicted molar refractivity (Wildman–Crippen MR) is 119 cm³/mol. The van der Waals surface area contributed by atoms with Gasteiger partial charge >= 0.3 is 0 Å². The summed E-state index contributed by atoms with van der Waals surface area (Å²) in [7, 11) is 0. The molecule has 0 saturated carbocycles. The van der Waals surface area contributed by atoms with Gasteiger partial charge in [0.15, 0.2) is 5.65 Å². The van der Waals surface area contributed by atoms with Crippen molar-refractivity contribution in [2.45, 2.75) is 26.3 Å². The van der Waals surface area contributed by atoms with Crippen LogP contribution in [-0.2, 0) is 0 Å². The van der Waals surface area contributed by atoms with Crippen molar-refractivity contribution in [1.82, 2.24) is 19.9 Å². The first kappa shape index (κ1) is 20.5. The first-order valence-electron chi connectivity index (χ1n) is 9.55. The number of phenols is 1. The Morgan fingerprint density at radius 3 is 2.87 bits per heavy atom. The van der Waals surface area contributed by atoms with Crippen LogP contribution in [0, 0.1) is 0 Å². The Kier molecular flexibility index (Phi) is 5.58. The van der Waals surface area contributed by atoms with Crippen LogP contribution < -0.4 is 10.2 Å². The standard InChI is InChI=1S/C21H21Cl2N5O2/c1-12(2)7-15-10-24-18-3-4-19(26-28(15)18)27-6-5-14(11-27)25-21(30)16-8-13(22)9-17(23)20(16)29/h3-4,7-10,14,29H,5-6,11H2,1-2H3,(H,25,30)/t14-/m0/s1. The second-order valence-electron chi connectivity index (χ2n) is 7.56. The van der Waals surface area contributed by atoms with Crippen LogP contribution in [-0.4, -0.2) is 44.7 Å². The van der Waals surface area contributed by atoms with Gasteiger partial charge in [-0.15, -0.1) is 5.10 Å². The molecule has 1 aliphatic rings. The van der Waals surface area contributed by atoms with E-state index >= 15 is 0 Å². The van der Waals surface area contributed by atoms with E-state index in [-0.39, 0.29) is 22.4 Å². The Labute approximate surface area is 183 Å². The van der Waals surface area contributed by atoms with Crippen molar-refractivity contribution >= 4 is 46.7 Å². The maximum Gasteiger partial charge on any atom is 0.255 e. The molecule has 1 aromatic carbocycles. The number of carbonyl (C=O) groups excluding carboxylic acids is 1. The predicted octanol–water partition coefficient (Wildman–Crippen LogP) is 4.17. The van der Waals surface area contributed by atoms with E-state index in [2.05, 4.69) is 15.2 Å². The molecular formula is C21H21Cl2N5O2. The number of allylic oxidation sites excluding steroid dienone is 1. The maximum atomic E-state index is 12.6. The van der Waals surface area contributed by atoms with E-state index in [4.69, 9.17) is 28.3 Å². The van der Waals surface area contributed by atoms with Gasteiger partial charge in [-0.25, -0.2) is 9.50 Å². The fraction of sp³-hybridized carbons (Fsp3) is 0.286. The number of nitrogens with zero attached hydrogens (tertiary/aromatic N) is 4. The Morgan fingerprint density at radius 2 is 2.10 bits per heavy atom. The number of imidazole rings is 1. The molecule has 2 aromatic heterocycles. The molecule has 0 spiro atoms. The van der Waals surface area contributed by atoms with E-state index in [0.29, 0.717) is 11.6 Å². The quantitative estimate of drug-likeness (QED) is 0.629. The summed E-state index contributed by atoms with van der Waals surface area (Å²) in [5, 5.41) is 18.1. The van der Waals surface area contributed by atoms with Gasteiger partial charge in [-0.1, -0.05) is 28.8 Å². The third kappa shape index (κ3) is 4.08. The summed E-state index contributed by atoms with van der Waals surface area (Å²) in [5.41, 5.74) is 2.93. The molecule has 1 saturated heterocycles. The molecule has 0 aliphatic carbocycles. The van der Waals surface area contributed by atoms with E-state index < -0.39 is 5.91 Å². The Bertz CT molecular complexity index is 1150. The number of hydrogen-bond acceptors (Lipinski definition) is 5. The minimum atomic E-state index is -0.410. The van der Waals surface area contributed by atoms with Crippen molar-refractivity contribution in [3.05, 3.63) is 57.3 Å². The highest BCUT2D eigenvalue weighted by molar-refractivity contribution is 6.36. The molecule has 3 heterocycles. The molecule has 4 rings (SSSR count). The molecule has 2 N–H and O–H groups in total. The highest BCUT2D eigenvalue weighted by atomic mass is 35.5.